The van der Waals surface area contributed by atoms with Gasteiger partial charge in [-0.05, 0) is 48.4 Å². The van der Waals surface area contributed by atoms with Gasteiger partial charge in [0.25, 0.3) is 5.91 Å². The maximum Gasteiger partial charge on any atom is 0.261 e. The summed E-state index contributed by atoms with van der Waals surface area (Å²) in [5.74, 6) is 1.29. The number of benzene rings is 1. The minimum absolute atomic E-state index is 0.0466. The summed E-state index contributed by atoms with van der Waals surface area (Å²) in [6, 6.07) is 12.3. The molecule has 4 heteroatoms. The second-order valence-corrected chi connectivity index (χ2v) is 6.75. The molecule has 25 heavy (non-hydrogen) atoms. The van der Waals surface area contributed by atoms with Gasteiger partial charge in [0.2, 0.25) is 0 Å². The lowest BCUT2D eigenvalue weighted by atomic mass is 9.98. The first kappa shape index (κ1) is 17.5. The zero-order valence-electron chi connectivity index (χ0n) is 15.0. The van der Waals surface area contributed by atoms with Crippen LogP contribution in [-0.4, -0.2) is 28.4 Å². The second kappa shape index (κ2) is 8.15. The van der Waals surface area contributed by atoms with Gasteiger partial charge in [-0.2, -0.15) is 0 Å². The number of carbonyl (C=O) groups excluding carboxylic acids is 1. The molecule has 1 amide bonds. The number of amides is 1. The van der Waals surface area contributed by atoms with Crippen molar-refractivity contribution in [3.63, 3.8) is 0 Å². The predicted molar refractivity (Wildman–Crippen MR) is 98.5 cm³/mol. The molecular formula is C21H26N2O2. The normalized spacial score (nSPS) is 14.8. The molecule has 2 aromatic rings. The number of hydrogen-bond acceptors (Lipinski definition) is 3. The molecule has 0 N–H and O–H groups in total. The van der Waals surface area contributed by atoms with Crippen molar-refractivity contribution < 1.29 is 9.53 Å². The van der Waals surface area contributed by atoms with E-state index < -0.39 is 0 Å². The fourth-order valence-corrected chi connectivity index (χ4v) is 2.96. The molecule has 132 valence electrons. The highest BCUT2D eigenvalue weighted by Crippen LogP contribution is 2.30. The summed E-state index contributed by atoms with van der Waals surface area (Å²) in [4.78, 5) is 18.8. The Kier molecular flexibility index (Phi) is 5.69. The fraction of sp³-hybridized carbons (Fsp3) is 0.429. The van der Waals surface area contributed by atoms with Gasteiger partial charge in [0.1, 0.15) is 5.75 Å². The maximum atomic E-state index is 12.7. The molecule has 1 heterocycles. The van der Waals surface area contributed by atoms with Crippen LogP contribution < -0.4 is 4.74 Å². The summed E-state index contributed by atoms with van der Waals surface area (Å²) in [7, 11) is 0. The lowest BCUT2D eigenvalue weighted by molar-refractivity contribution is -0.134. The third kappa shape index (κ3) is 4.59. The molecule has 0 bridgehead atoms. The van der Waals surface area contributed by atoms with Gasteiger partial charge >= 0.3 is 0 Å². The average Bonchev–Trinajstić information content (AvgIpc) is 3.49. The molecule has 0 saturated heterocycles. The topological polar surface area (TPSA) is 42.4 Å². The molecule has 4 nitrogen and oxygen atoms in total. The summed E-state index contributed by atoms with van der Waals surface area (Å²) in [5, 5.41) is 0. The Labute approximate surface area is 149 Å². The first-order valence-electron chi connectivity index (χ1n) is 9.09. The van der Waals surface area contributed by atoms with Gasteiger partial charge in [0.15, 0.2) is 6.61 Å². The summed E-state index contributed by atoms with van der Waals surface area (Å²) in [6.45, 7) is 5.04. The Bertz CT molecular complexity index is 698. The number of aromatic nitrogens is 1. The SMILES string of the molecule is CC[C@@H](C)c1ccccc1OCC(=O)N(Cc1cccnc1)C1CC1. The van der Waals surface area contributed by atoms with E-state index in [0.717, 1.165) is 30.6 Å². The second-order valence-electron chi connectivity index (χ2n) is 6.75. The highest BCUT2D eigenvalue weighted by atomic mass is 16.5. The van der Waals surface area contributed by atoms with Crippen LogP contribution in [0.5, 0.6) is 5.75 Å². The molecule has 1 aromatic carbocycles. The van der Waals surface area contributed by atoms with E-state index in [1.54, 1.807) is 6.20 Å². The minimum Gasteiger partial charge on any atom is -0.483 e. The Morgan fingerprint density at radius 2 is 2.08 bits per heavy atom. The third-order valence-electron chi connectivity index (χ3n) is 4.80. The van der Waals surface area contributed by atoms with Gasteiger partial charge < -0.3 is 9.64 Å². The Hall–Kier alpha value is -2.36. The predicted octanol–water partition coefficient (Wildman–Crippen LogP) is 4.17. The summed E-state index contributed by atoms with van der Waals surface area (Å²) in [6.07, 6.45) is 6.78. The van der Waals surface area contributed by atoms with E-state index in [0.29, 0.717) is 18.5 Å². The zero-order chi connectivity index (χ0) is 17.6. The number of pyridine rings is 1. The number of rotatable bonds is 8. The van der Waals surface area contributed by atoms with Crippen molar-refractivity contribution >= 4 is 5.91 Å². The van der Waals surface area contributed by atoms with Crippen molar-refractivity contribution in [2.45, 2.75) is 51.6 Å². The maximum absolute atomic E-state index is 12.7. The molecule has 1 atom stereocenters. The van der Waals surface area contributed by atoms with E-state index in [-0.39, 0.29) is 12.5 Å². The van der Waals surface area contributed by atoms with E-state index in [2.05, 4.69) is 24.9 Å². The Morgan fingerprint density at radius 3 is 2.76 bits per heavy atom. The van der Waals surface area contributed by atoms with Gasteiger partial charge in [-0.25, -0.2) is 0 Å². The van der Waals surface area contributed by atoms with E-state index in [4.69, 9.17) is 4.74 Å². The quantitative estimate of drug-likeness (QED) is 0.725. The zero-order valence-corrected chi connectivity index (χ0v) is 15.0. The number of hydrogen-bond donors (Lipinski definition) is 0. The van der Waals surface area contributed by atoms with Crippen LogP contribution in [0.25, 0.3) is 0 Å². The highest BCUT2D eigenvalue weighted by molar-refractivity contribution is 5.78. The third-order valence-corrected chi connectivity index (χ3v) is 4.80. The number of ether oxygens (including phenoxy) is 1. The summed E-state index contributed by atoms with van der Waals surface area (Å²) in [5.41, 5.74) is 2.23. The van der Waals surface area contributed by atoms with Gasteiger partial charge in [0.05, 0.1) is 0 Å². The molecule has 0 radical (unpaired) electrons. The molecule has 1 aliphatic carbocycles. The van der Waals surface area contributed by atoms with Crippen LogP contribution in [0.2, 0.25) is 0 Å². The Balaban J connectivity index is 1.65. The van der Waals surface area contributed by atoms with E-state index in [1.165, 1.54) is 5.56 Å². The van der Waals surface area contributed by atoms with Gasteiger partial charge in [0, 0.05) is 25.0 Å². The first-order chi connectivity index (χ1) is 12.2. The summed E-state index contributed by atoms with van der Waals surface area (Å²) < 4.78 is 5.91. The van der Waals surface area contributed by atoms with Crippen molar-refractivity contribution in [2.75, 3.05) is 6.61 Å². The molecule has 0 unspecified atom stereocenters. The van der Waals surface area contributed by atoms with Crippen molar-refractivity contribution in [3.05, 3.63) is 59.9 Å². The molecule has 3 rings (SSSR count). The van der Waals surface area contributed by atoms with Gasteiger partial charge in [-0.1, -0.05) is 38.1 Å². The van der Waals surface area contributed by atoms with E-state index in [9.17, 15) is 4.79 Å². The fourth-order valence-electron chi connectivity index (χ4n) is 2.96. The highest BCUT2D eigenvalue weighted by Gasteiger charge is 2.32. The average molecular weight is 338 g/mol. The van der Waals surface area contributed by atoms with Crippen LogP contribution in [0, 0.1) is 0 Å². The van der Waals surface area contributed by atoms with Crippen molar-refractivity contribution in [1.82, 2.24) is 9.88 Å². The summed E-state index contributed by atoms with van der Waals surface area (Å²) >= 11 is 0. The molecule has 1 saturated carbocycles. The standard InChI is InChI=1S/C21H26N2O2/c1-3-16(2)19-8-4-5-9-20(19)25-15-21(24)23(18-10-11-18)14-17-7-6-12-22-13-17/h4-9,12-13,16,18H,3,10-11,14-15H2,1-2H3/t16-/m1/s1. The van der Waals surface area contributed by atoms with Crippen molar-refractivity contribution in [3.8, 4) is 5.75 Å². The van der Waals surface area contributed by atoms with Gasteiger partial charge in [-0.3, -0.25) is 9.78 Å². The molecular weight excluding hydrogens is 312 g/mol. The monoisotopic (exact) mass is 338 g/mol. The molecule has 1 aromatic heterocycles. The molecule has 0 spiro atoms. The Morgan fingerprint density at radius 1 is 1.28 bits per heavy atom. The smallest absolute Gasteiger partial charge is 0.261 e. The number of para-hydroxylation sites is 1. The van der Waals surface area contributed by atoms with Crippen molar-refractivity contribution in [1.29, 1.82) is 0 Å². The largest absolute Gasteiger partial charge is 0.483 e. The van der Waals surface area contributed by atoms with Crippen LogP contribution >= 0.6 is 0 Å². The molecule has 1 fully saturated rings. The molecule has 1 aliphatic rings. The van der Waals surface area contributed by atoms with Crippen LogP contribution in [-0.2, 0) is 11.3 Å². The molecule has 0 aliphatic heterocycles. The minimum atomic E-state index is 0.0466. The van der Waals surface area contributed by atoms with E-state index >= 15 is 0 Å². The lowest BCUT2D eigenvalue weighted by Gasteiger charge is -2.23. The van der Waals surface area contributed by atoms with E-state index in [1.807, 2.05) is 41.4 Å². The first-order valence-corrected chi connectivity index (χ1v) is 9.09. The van der Waals surface area contributed by atoms with Crippen LogP contribution in [0.1, 0.15) is 50.2 Å². The number of nitrogens with zero attached hydrogens (tertiary/aromatic N) is 2. The van der Waals surface area contributed by atoms with Crippen LogP contribution in [0.3, 0.4) is 0 Å². The van der Waals surface area contributed by atoms with Crippen LogP contribution in [0.4, 0.5) is 0 Å². The van der Waals surface area contributed by atoms with Gasteiger partial charge in [-0.15, -0.1) is 0 Å². The van der Waals surface area contributed by atoms with Crippen LogP contribution in [0.15, 0.2) is 48.8 Å². The number of carbonyl (C=O) groups is 1. The lowest BCUT2D eigenvalue weighted by Crippen LogP contribution is -2.36. The van der Waals surface area contributed by atoms with Crippen molar-refractivity contribution in [2.24, 2.45) is 0 Å².